The number of ether oxygens (including phenoxy) is 10. The smallest absolute Gasteiger partial charge is 0.303 e. The van der Waals surface area contributed by atoms with Crippen LogP contribution in [0.5, 0.6) is 0 Å². The molecular formula is C36H43NO15. The van der Waals surface area contributed by atoms with E-state index in [0.29, 0.717) is 5.56 Å². The Bertz CT molecular complexity index is 1540. The van der Waals surface area contributed by atoms with Crippen molar-refractivity contribution in [3.05, 3.63) is 71.8 Å². The molecule has 3 fully saturated rings. The summed E-state index contributed by atoms with van der Waals surface area (Å²) >= 11 is 0. The van der Waals surface area contributed by atoms with Gasteiger partial charge in [-0.2, -0.15) is 0 Å². The Balaban J connectivity index is 1.55. The van der Waals surface area contributed by atoms with Gasteiger partial charge in [0.2, 0.25) is 5.91 Å². The predicted molar refractivity (Wildman–Crippen MR) is 174 cm³/mol. The van der Waals surface area contributed by atoms with Crippen LogP contribution in [0.15, 0.2) is 60.7 Å². The zero-order valence-electron chi connectivity index (χ0n) is 29.4. The summed E-state index contributed by atoms with van der Waals surface area (Å²) in [5.74, 6) is -3.52. The average molecular weight is 730 g/mol. The van der Waals surface area contributed by atoms with Gasteiger partial charge in [0.15, 0.2) is 37.2 Å². The lowest BCUT2D eigenvalue weighted by Gasteiger charge is -2.51. The van der Waals surface area contributed by atoms with E-state index in [9.17, 15) is 24.0 Å². The Morgan fingerprint density at radius 3 is 1.92 bits per heavy atom. The quantitative estimate of drug-likeness (QED) is 0.247. The van der Waals surface area contributed by atoms with Crippen LogP contribution in [-0.4, -0.2) is 104 Å². The van der Waals surface area contributed by atoms with Crippen LogP contribution in [0.4, 0.5) is 0 Å². The van der Waals surface area contributed by atoms with Crippen LogP contribution in [0.1, 0.15) is 52.0 Å². The molecule has 5 rings (SSSR count). The first kappa shape index (κ1) is 38.8. The summed E-state index contributed by atoms with van der Waals surface area (Å²) in [6, 6.07) is 17.4. The maximum Gasteiger partial charge on any atom is 0.303 e. The molecule has 0 spiro atoms. The second-order valence-electron chi connectivity index (χ2n) is 12.4. The van der Waals surface area contributed by atoms with Gasteiger partial charge in [-0.15, -0.1) is 0 Å². The van der Waals surface area contributed by atoms with Crippen molar-refractivity contribution >= 4 is 29.8 Å². The van der Waals surface area contributed by atoms with E-state index >= 15 is 0 Å². The van der Waals surface area contributed by atoms with E-state index in [1.807, 2.05) is 60.7 Å². The number of rotatable bonds is 12. The number of carbonyl (C=O) groups excluding carboxylic acids is 5. The van der Waals surface area contributed by atoms with Gasteiger partial charge in [0.05, 0.1) is 13.2 Å². The molecule has 3 aliphatic heterocycles. The van der Waals surface area contributed by atoms with Crippen LogP contribution in [0.25, 0.3) is 0 Å². The summed E-state index contributed by atoms with van der Waals surface area (Å²) in [5, 5.41) is 2.86. The SMILES string of the molecule is CC(=O)N[C@H]1[C@@H](OCc2ccccc2)O[C@@H]2COC(c3ccccc3)O[C@H]2[C@@H]1O[C@@H]1O[C@H](COC(C)=O)[C@H](OC(C)=O)[C@H](OC(C)=O)[C@H]1OC(C)=O. The molecule has 1 amide bonds. The fourth-order valence-corrected chi connectivity index (χ4v) is 6.25. The first-order chi connectivity index (χ1) is 24.9. The number of hydrogen-bond donors (Lipinski definition) is 1. The van der Waals surface area contributed by atoms with Crippen LogP contribution in [0, 0.1) is 0 Å². The molecule has 2 aromatic rings. The van der Waals surface area contributed by atoms with E-state index in [2.05, 4.69) is 5.32 Å². The number of fused-ring (bicyclic) bond motifs is 1. The van der Waals surface area contributed by atoms with E-state index in [1.165, 1.54) is 13.8 Å². The molecule has 0 aromatic heterocycles. The summed E-state index contributed by atoms with van der Waals surface area (Å²) in [6.07, 6.45) is -12.2. The molecule has 52 heavy (non-hydrogen) atoms. The molecule has 3 saturated heterocycles. The number of hydrogen-bond acceptors (Lipinski definition) is 15. The highest BCUT2D eigenvalue weighted by Crippen LogP contribution is 2.38. The highest BCUT2D eigenvalue weighted by molar-refractivity contribution is 5.73. The topological polar surface area (TPSA) is 190 Å². The van der Waals surface area contributed by atoms with Crippen molar-refractivity contribution in [1.82, 2.24) is 5.32 Å². The van der Waals surface area contributed by atoms with Gasteiger partial charge in [-0.05, 0) is 5.56 Å². The number of esters is 4. The number of benzene rings is 2. The Kier molecular flexibility index (Phi) is 13.3. The van der Waals surface area contributed by atoms with E-state index in [1.54, 1.807) is 0 Å². The summed E-state index contributed by atoms with van der Waals surface area (Å²) in [4.78, 5) is 61.8. The van der Waals surface area contributed by atoms with Crippen molar-refractivity contribution in [1.29, 1.82) is 0 Å². The third kappa shape index (κ3) is 10.1. The van der Waals surface area contributed by atoms with Gasteiger partial charge < -0.3 is 52.7 Å². The third-order valence-corrected chi connectivity index (χ3v) is 8.28. The highest BCUT2D eigenvalue weighted by atomic mass is 16.8. The molecule has 2 aromatic carbocycles. The molecule has 0 bridgehead atoms. The van der Waals surface area contributed by atoms with Crippen LogP contribution < -0.4 is 5.32 Å². The van der Waals surface area contributed by atoms with Crippen molar-refractivity contribution in [2.24, 2.45) is 0 Å². The first-order valence-corrected chi connectivity index (χ1v) is 16.8. The lowest BCUT2D eigenvalue weighted by Crippen LogP contribution is -2.70. The van der Waals surface area contributed by atoms with Crippen molar-refractivity contribution in [3.63, 3.8) is 0 Å². The van der Waals surface area contributed by atoms with Crippen molar-refractivity contribution in [2.75, 3.05) is 13.2 Å². The van der Waals surface area contributed by atoms with Gasteiger partial charge in [-0.25, -0.2) is 0 Å². The summed E-state index contributed by atoms with van der Waals surface area (Å²) < 4.78 is 60.0. The Morgan fingerprint density at radius 1 is 0.692 bits per heavy atom. The highest BCUT2D eigenvalue weighted by Gasteiger charge is 2.57. The van der Waals surface area contributed by atoms with E-state index in [0.717, 1.165) is 26.3 Å². The van der Waals surface area contributed by atoms with Crippen molar-refractivity contribution < 1.29 is 71.3 Å². The fourth-order valence-electron chi connectivity index (χ4n) is 6.25. The average Bonchev–Trinajstić information content (AvgIpc) is 3.10. The lowest BCUT2D eigenvalue weighted by molar-refractivity contribution is -0.379. The van der Waals surface area contributed by atoms with Gasteiger partial charge in [0, 0.05) is 40.2 Å². The van der Waals surface area contributed by atoms with Gasteiger partial charge >= 0.3 is 23.9 Å². The molecule has 282 valence electrons. The van der Waals surface area contributed by atoms with E-state index in [-0.39, 0.29) is 13.2 Å². The number of carbonyl (C=O) groups is 5. The predicted octanol–water partition coefficient (Wildman–Crippen LogP) is 2.02. The molecule has 3 aliphatic rings. The van der Waals surface area contributed by atoms with Crippen LogP contribution in [0.3, 0.4) is 0 Å². The molecule has 1 N–H and O–H groups in total. The van der Waals surface area contributed by atoms with Crippen LogP contribution in [-0.2, 0) is 77.9 Å². The Hall–Kier alpha value is -4.45. The molecule has 11 atom stereocenters. The van der Waals surface area contributed by atoms with E-state index in [4.69, 9.17) is 47.4 Å². The minimum absolute atomic E-state index is 0.0284. The molecule has 0 radical (unpaired) electrons. The molecule has 16 heteroatoms. The molecule has 0 aliphatic carbocycles. The molecular weight excluding hydrogens is 686 g/mol. The second-order valence-corrected chi connectivity index (χ2v) is 12.4. The summed E-state index contributed by atoms with van der Waals surface area (Å²) in [5.41, 5.74) is 1.53. The lowest BCUT2D eigenvalue weighted by atomic mass is 9.94. The normalized spacial score (nSPS) is 31.3. The van der Waals surface area contributed by atoms with Gasteiger partial charge in [0.1, 0.15) is 37.1 Å². The van der Waals surface area contributed by atoms with E-state index < -0.39 is 104 Å². The number of amides is 1. The minimum atomic E-state index is -1.59. The Labute approximate surface area is 300 Å². The Morgan fingerprint density at radius 2 is 1.31 bits per heavy atom. The third-order valence-electron chi connectivity index (χ3n) is 8.28. The van der Waals surface area contributed by atoms with Gasteiger partial charge in [-0.3, -0.25) is 24.0 Å². The van der Waals surface area contributed by atoms with Gasteiger partial charge in [0.25, 0.3) is 0 Å². The van der Waals surface area contributed by atoms with Crippen molar-refractivity contribution in [3.8, 4) is 0 Å². The molecule has 0 saturated carbocycles. The second kappa shape index (κ2) is 17.9. The fraction of sp³-hybridized carbons (Fsp3) is 0.528. The summed E-state index contributed by atoms with van der Waals surface area (Å²) in [6.45, 7) is 5.51. The standard InChI is InChI=1S/C36H43NO15/c1-19(38)37-28-31(52-36-33(48-23(5)42)32(47-22(4)41)30(46-21(3)40)26(50-36)17-43-20(2)39)29-27(18-45-34(51-29)25-14-10-7-11-15-25)49-35(28)44-16-24-12-8-6-9-13-24/h6-15,26-36H,16-18H2,1-5H3,(H,37,38)/t26-,27-,28-,29-,30+,31-,32+,33-,34?,35+,36+/m1/s1. The zero-order chi connectivity index (χ0) is 37.4. The largest absolute Gasteiger partial charge is 0.463 e. The van der Waals surface area contributed by atoms with Crippen LogP contribution >= 0.6 is 0 Å². The molecule has 1 unspecified atom stereocenters. The molecule has 16 nitrogen and oxygen atoms in total. The molecule has 3 heterocycles. The zero-order valence-corrected chi connectivity index (χ0v) is 29.4. The summed E-state index contributed by atoms with van der Waals surface area (Å²) in [7, 11) is 0. The van der Waals surface area contributed by atoms with Gasteiger partial charge in [-0.1, -0.05) is 60.7 Å². The number of nitrogens with one attached hydrogen (secondary N) is 1. The first-order valence-electron chi connectivity index (χ1n) is 16.8. The maximum atomic E-state index is 12.7. The maximum absolute atomic E-state index is 12.7. The van der Waals surface area contributed by atoms with Crippen molar-refractivity contribution in [2.45, 2.75) is 109 Å². The minimum Gasteiger partial charge on any atom is -0.463 e. The monoisotopic (exact) mass is 729 g/mol. The van der Waals surface area contributed by atoms with Crippen LogP contribution in [0.2, 0.25) is 0 Å².